The summed E-state index contributed by atoms with van der Waals surface area (Å²) in [7, 11) is 0. The van der Waals surface area contributed by atoms with E-state index in [1.54, 1.807) is 0 Å². The number of rotatable bonds is 10. The predicted octanol–water partition coefficient (Wildman–Crippen LogP) is 14.6. The number of hydrogen-bond donors (Lipinski definition) is 0. The summed E-state index contributed by atoms with van der Waals surface area (Å²) >= 11 is 0. The normalized spacial score (nSPS) is 11.9. The van der Waals surface area contributed by atoms with Crippen molar-refractivity contribution in [2.24, 2.45) is 5.41 Å². The Kier molecular flexibility index (Phi) is 10.4. The first-order chi connectivity index (χ1) is 24.3. The lowest BCUT2D eigenvalue weighted by atomic mass is 9.72. The second-order valence-corrected chi connectivity index (χ2v) is 16.2. The molecule has 6 aromatic carbocycles. The lowest BCUT2D eigenvalue weighted by Gasteiger charge is -2.33. The molecule has 1 heteroatoms. The third-order valence-electron chi connectivity index (χ3n) is 10.3. The Bertz CT molecular complexity index is 1970. The van der Waals surface area contributed by atoms with E-state index in [0.29, 0.717) is 0 Å². The molecule has 0 amide bonds. The van der Waals surface area contributed by atoms with E-state index in [1.807, 2.05) is 0 Å². The van der Waals surface area contributed by atoms with Crippen molar-refractivity contribution in [1.82, 2.24) is 0 Å². The lowest BCUT2D eigenvalue weighted by Crippen LogP contribution is -2.24. The van der Waals surface area contributed by atoms with Gasteiger partial charge in [0.1, 0.15) is 0 Å². The molecule has 6 aromatic rings. The standard InChI is InChI=1S/C50H55N/c1-10-37-32-35(3)12-30-47(37)41-18-26-45(27-19-41)51(46-28-20-42(21-29-46)48-31-13-36(4)33-38(48)11-2)44-24-16-40(17-25-44)39-14-22-43(23-15-39)50(8,9)34-49(5,6)7/h12-33H,10-11,34H2,1-9H3. The van der Waals surface area contributed by atoms with E-state index in [-0.39, 0.29) is 10.8 Å². The molecule has 0 spiro atoms. The van der Waals surface area contributed by atoms with Gasteiger partial charge in [0.15, 0.2) is 0 Å². The van der Waals surface area contributed by atoms with Gasteiger partial charge in [0.2, 0.25) is 0 Å². The quantitative estimate of drug-likeness (QED) is 0.140. The van der Waals surface area contributed by atoms with E-state index in [4.69, 9.17) is 0 Å². The molecular weight excluding hydrogens is 615 g/mol. The van der Waals surface area contributed by atoms with Crippen molar-refractivity contribution in [3.8, 4) is 33.4 Å². The Labute approximate surface area is 308 Å². The highest BCUT2D eigenvalue weighted by molar-refractivity contribution is 5.81. The van der Waals surface area contributed by atoms with Crippen LogP contribution in [-0.4, -0.2) is 0 Å². The third-order valence-corrected chi connectivity index (χ3v) is 10.3. The van der Waals surface area contributed by atoms with Crippen LogP contribution in [0.2, 0.25) is 0 Å². The highest BCUT2D eigenvalue weighted by atomic mass is 15.1. The van der Waals surface area contributed by atoms with Gasteiger partial charge in [-0.25, -0.2) is 0 Å². The van der Waals surface area contributed by atoms with Crippen molar-refractivity contribution in [2.75, 3.05) is 4.90 Å². The Morgan fingerprint density at radius 3 is 1.14 bits per heavy atom. The first kappa shape index (κ1) is 35.9. The van der Waals surface area contributed by atoms with Gasteiger partial charge in [-0.2, -0.15) is 0 Å². The van der Waals surface area contributed by atoms with Crippen molar-refractivity contribution < 1.29 is 0 Å². The SMILES string of the molecule is CCc1cc(C)ccc1-c1ccc(N(c2ccc(-c3ccc(C(C)(C)CC(C)(C)C)cc3)cc2)c2ccc(-c3ccc(C)cc3CC)cc2)cc1. The summed E-state index contributed by atoms with van der Waals surface area (Å²) in [5, 5.41) is 0. The van der Waals surface area contributed by atoms with Gasteiger partial charge >= 0.3 is 0 Å². The van der Waals surface area contributed by atoms with Crippen LogP contribution in [0.5, 0.6) is 0 Å². The smallest absolute Gasteiger partial charge is 0.0462 e. The highest BCUT2D eigenvalue weighted by Gasteiger charge is 2.27. The molecule has 51 heavy (non-hydrogen) atoms. The molecular formula is C50H55N. The second kappa shape index (κ2) is 14.8. The van der Waals surface area contributed by atoms with E-state index >= 15 is 0 Å². The molecule has 0 atom stereocenters. The van der Waals surface area contributed by atoms with E-state index in [2.05, 4.69) is 201 Å². The molecule has 0 unspecified atom stereocenters. The summed E-state index contributed by atoms with van der Waals surface area (Å²) in [6.45, 7) is 20.5. The molecule has 0 saturated heterocycles. The van der Waals surface area contributed by atoms with Crippen LogP contribution in [0.25, 0.3) is 33.4 Å². The fourth-order valence-corrected chi connectivity index (χ4v) is 7.97. The summed E-state index contributed by atoms with van der Waals surface area (Å²) in [6.07, 6.45) is 3.17. The van der Waals surface area contributed by atoms with Gasteiger partial charge in [0.25, 0.3) is 0 Å². The largest absolute Gasteiger partial charge is 0.311 e. The Balaban J connectivity index is 1.35. The zero-order valence-corrected chi connectivity index (χ0v) is 32.3. The molecule has 0 aromatic heterocycles. The molecule has 0 aliphatic rings. The van der Waals surface area contributed by atoms with Crippen LogP contribution in [0.3, 0.4) is 0 Å². The number of hydrogen-bond acceptors (Lipinski definition) is 1. The number of aryl methyl sites for hydroxylation is 4. The maximum Gasteiger partial charge on any atom is 0.0462 e. The highest BCUT2D eigenvalue weighted by Crippen LogP contribution is 2.40. The topological polar surface area (TPSA) is 3.24 Å². The molecule has 0 heterocycles. The number of benzene rings is 6. The first-order valence-corrected chi connectivity index (χ1v) is 18.8. The van der Waals surface area contributed by atoms with Gasteiger partial charge in [0.05, 0.1) is 0 Å². The average molecular weight is 670 g/mol. The monoisotopic (exact) mass is 669 g/mol. The van der Waals surface area contributed by atoms with Crippen molar-refractivity contribution in [3.05, 3.63) is 161 Å². The predicted molar refractivity (Wildman–Crippen MR) is 223 cm³/mol. The maximum absolute atomic E-state index is 2.38. The Hall–Kier alpha value is -4.88. The number of anilines is 3. The summed E-state index contributed by atoms with van der Waals surface area (Å²) in [5.74, 6) is 0. The third kappa shape index (κ3) is 8.20. The molecule has 0 saturated carbocycles. The Morgan fingerprint density at radius 1 is 0.431 bits per heavy atom. The van der Waals surface area contributed by atoms with Crippen molar-refractivity contribution >= 4 is 17.1 Å². The van der Waals surface area contributed by atoms with Gasteiger partial charge in [0, 0.05) is 17.1 Å². The van der Waals surface area contributed by atoms with Crippen molar-refractivity contribution in [1.29, 1.82) is 0 Å². The molecule has 0 N–H and O–H groups in total. The van der Waals surface area contributed by atoms with Crippen LogP contribution in [0.1, 0.15) is 82.7 Å². The fourth-order valence-electron chi connectivity index (χ4n) is 7.97. The van der Waals surface area contributed by atoms with Gasteiger partial charge in [-0.3, -0.25) is 0 Å². The lowest BCUT2D eigenvalue weighted by molar-refractivity contribution is 0.284. The molecule has 260 valence electrons. The molecule has 1 nitrogen and oxygen atoms in total. The second-order valence-electron chi connectivity index (χ2n) is 16.2. The van der Waals surface area contributed by atoms with Crippen LogP contribution in [0, 0.1) is 19.3 Å². The van der Waals surface area contributed by atoms with E-state index in [0.717, 1.165) is 36.3 Å². The minimum absolute atomic E-state index is 0.126. The molecule has 0 aliphatic heterocycles. The average Bonchev–Trinajstić information content (AvgIpc) is 3.12. The number of nitrogens with zero attached hydrogens (tertiary/aromatic N) is 1. The first-order valence-electron chi connectivity index (χ1n) is 18.8. The van der Waals surface area contributed by atoms with Crippen LogP contribution in [0.4, 0.5) is 17.1 Å². The van der Waals surface area contributed by atoms with Gasteiger partial charge in [-0.1, -0.05) is 157 Å². The summed E-state index contributed by atoms with van der Waals surface area (Å²) in [4.78, 5) is 2.38. The fraction of sp³-hybridized carbons (Fsp3) is 0.280. The molecule has 0 aliphatic carbocycles. The molecule has 0 fully saturated rings. The van der Waals surface area contributed by atoms with Crippen LogP contribution < -0.4 is 4.90 Å². The minimum atomic E-state index is 0.126. The van der Waals surface area contributed by atoms with Gasteiger partial charge in [-0.05, 0) is 130 Å². The Morgan fingerprint density at radius 2 is 0.784 bits per heavy atom. The zero-order chi connectivity index (χ0) is 36.3. The summed E-state index contributed by atoms with van der Waals surface area (Å²) in [5.41, 5.74) is 18.2. The maximum atomic E-state index is 2.38. The van der Waals surface area contributed by atoms with Crippen molar-refractivity contribution in [2.45, 2.75) is 87.0 Å². The minimum Gasteiger partial charge on any atom is -0.311 e. The summed E-state index contributed by atoms with van der Waals surface area (Å²) in [6, 6.07) is 50.0. The van der Waals surface area contributed by atoms with E-state index in [9.17, 15) is 0 Å². The molecule has 6 rings (SSSR count). The van der Waals surface area contributed by atoms with E-state index < -0.39 is 0 Å². The molecule has 0 bridgehead atoms. The van der Waals surface area contributed by atoms with Crippen LogP contribution in [-0.2, 0) is 18.3 Å². The molecule has 0 radical (unpaired) electrons. The van der Waals surface area contributed by atoms with Crippen LogP contribution >= 0.6 is 0 Å². The zero-order valence-electron chi connectivity index (χ0n) is 32.3. The van der Waals surface area contributed by atoms with Crippen LogP contribution in [0.15, 0.2) is 133 Å². The summed E-state index contributed by atoms with van der Waals surface area (Å²) < 4.78 is 0. The van der Waals surface area contributed by atoms with Gasteiger partial charge < -0.3 is 4.90 Å². The van der Waals surface area contributed by atoms with Crippen molar-refractivity contribution in [3.63, 3.8) is 0 Å². The van der Waals surface area contributed by atoms with E-state index in [1.165, 1.54) is 61.2 Å². The van der Waals surface area contributed by atoms with Gasteiger partial charge in [-0.15, -0.1) is 0 Å².